The van der Waals surface area contributed by atoms with Gasteiger partial charge in [0, 0.05) is 25.1 Å². The lowest BCUT2D eigenvalue weighted by molar-refractivity contribution is -0.142. The highest BCUT2D eigenvalue weighted by molar-refractivity contribution is 7.99. The predicted molar refractivity (Wildman–Crippen MR) is 71.6 cm³/mol. The average Bonchev–Trinajstić information content (AvgIpc) is 3.07. The molecule has 19 heavy (non-hydrogen) atoms. The molecule has 1 aliphatic heterocycles. The third kappa shape index (κ3) is 3.72. The zero-order chi connectivity index (χ0) is 13.9. The average molecular weight is 285 g/mol. The van der Waals surface area contributed by atoms with E-state index >= 15 is 0 Å². The fraction of sp³-hybridized carbons (Fsp3) is 0.769. The molecule has 1 aliphatic carbocycles. The SMILES string of the molecule is COC(=O)CC1(CSCCN2C(=O)CCC2=O)CC1. The normalized spacial score (nSPS) is 20.8. The van der Waals surface area contributed by atoms with Crippen molar-refractivity contribution in [1.82, 2.24) is 4.90 Å². The second kappa shape index (κ2) is 5.94. The van der Waals surface area contributed by atoms with Crippen LogP contribution in [0.1, 0.15) is 32.1 Å². The van der Waals surface area contributed by atoms with E-state index in [0.29, 0.717) is 25.8 Å². The number of ether oxygens (including phenoxy) is 1. The minimum atomic E-state index is -0.150. The monoisotopic (exact) mass is 285 g/mol. The Labute approximate surface area is 117 Å². The van der Waals surface area contributed by atoms with Gasteiger partial charge in [-0.15, -0.1) is 0 Å². The van der Waals surface area contributed by atoms with E-state index in [4.69, 9.17) is 4.74 Å². The molecule has 2 rings (SSSR count). The second-order valence-corrected chi connectivity index (χ2v) is 6.35. The van der Waals surface area contributed by atoms with Crippen LogP contribution >= 0.6 is 11.8 Å². The van der Waals surface area contributed by atoms with Crippen molar-refractivity contribution in [3.63, 3.8) is 0 Å². The molecule has 1 saturated carbocycles. The number of amides is 2. The number of hydrogen-bond acceptors (Lipinski definition) is 5. The highest BCUT2D eigenvalue weighted by Crippen LogP contribution is 2.51. The van der Waals surface area contributed by atoms with E-state index < -0.39 is 0 Å². The molecule has 0 N–H and O–H groups in total. The molecule has 0 spiro atoms. The van der Waals surface area contributed by atoms with Crippen LogP contribution in [0.4, 0.5) is 0 Å². The summed E-state index contributed by atoms with van der Waals surface area (Å²) in [7, 11) is 1.41. The van der Waals surface area contributed by atoms with Crippen LogP contribution in [0.15, 0.2) is 0 Å². The molecule has 1 heterocycles. The first-order valence-electron chi connectivity index (χ1n) is 6.54. The van der Waals surface area contributed by atoms with Crippen LogP contribution in [-0.4, -0.2) is 47.8 Å². The number of likely N-dealkylation sites (tertiary alicyclic amines) is 1. The Hall–Kier alpha value is -1.04. The van der Waals surface area contributed by atoms with Crippen LogP contribution in [0, 0.1) is 5.41 Å². The third-order valence-electron chi connectivity index (χ3n) is 3.73. The molecule has 0 unspecified atom stereocenters. The second-order valence-electron chi connectivity index (χ2n) is 5.24. The van der Waals surface area contributed by atoms with Gasteiger partial charge in [0.2, 0.25) is 11.8 Å². The van der Waals surface area contributed by atoms with E-state index in [-0.39, 0.29) is 23.2 Å². The molecule has 0 aromatic heterocycles. The molecular weight excluding hydrogens is 266 g/mol. The number of hydrogen-bond donors (Lipinski definition) is 0. The summed E-state index contributed by atoms with van der Waals surface area (Å²) in [4.78, 5) is 35.4. The van der Waals surface area contributed by atoms with E-state index in [0.717, 1.165) is 24.3 Å². The number of methoxy groups -OCH3 is 1. The van der Waals surface area contributed by atoms with Crippen LogP contribution in [0.5, 0.6) is 0 Å². The van der Waals surface area contributed by atoms with Crippen LogP contribution in [0.3, 0.4) is 0 Å². The topological polar surface area (TPSA) is 63.7 Å². The highest BCUT2D eigenvalue weighted by atomic mass is 32.2. The molecule has 0 aromatic carbocycles. The van der Waals surface area contributed by atoms with Crippen molar-refractivity contribution in [1.29, 1.82) is 0 Å². The molecule has 106 valence electrons. The summed E-state index contributed by atoms with van der Waals surface area (Å²) in [6, 6.07) is 0. The first-order valence-corrected chi connectivity index (χ1v) is 7.70. The van der Waals surface area contributed by atoms with E-state index in [2.05, 4.69) is 0 Å². The Morgan fingerprint density at radius 1 is 1.32 bits per heavy atom. The van der Waals surface area contributed by atoms with Gasteiger partial charge in [-0.25, -0.2) is 0 Å². The van der Waals surface area contributed by atoms with E-state index in [1.807, 2.05) is 0 Å². The Kier molecular flexibility index (Phi) is 4.50. The molecule has 2 fully saturated rings. The molecule has 5 nitrogen and oxygen atoms in total. The van der Waals surface area contributed by atoms with Crippen molar-refractivity contribution < 1.29 is 19.1 Å². The summed E-state index contributed by atoms with van der Waals surface area (Å²) < 4.78 is 4.70. The first kappa shape index (κ1) is 14.4. The largest absolute Gasteiger partial charge is 0.469 e. The summed E-state index contributed by atoms with van der Waals surface area (Å²) in [6.07, 6.45) is 3.33. The van der Waals surface area contributed by atoms with Gasteiger partial charge in [-0.1, -0.05) is 0 Å². The van der Waals surface area contributed by atoms with Gasteiger partial charge in [0.25, 0.3) is 0 Å². The van der Waals surface area contributed by atoms with E-state index in [9.17, 15) is 14.4 Å². The Morgan fingerprint density at radius 3 is 2.47 bits per heavy atom. The summed E-state index contributed by atoms with van der Waals surface area (Å²) in [6.45, 7) is 0.497. The molecule has 2 amide bonds. The number of rotatable bonds is 7. The smallest absolute Gasteiger partial charge is 0.306 e. The summed E-state index contributed by atoms with van der Waals surface area (Å²) in [5, 5.41) is 0. The molecule has 0 atom stereocenters. The fourth-order valence-corrected chi connectivity index (χ4v) is 3.52. The van der Waals surface area contributed by atoms with Gasteiger partial charge < -0.3 is 4.74 Å². The maximum Gasteiger partial charge on any atom is 0.306 e. The fourth-order valence-electron chi connectivity index (χ4n) is 2.24. The quantitative estimate of drug-likeness (QED) is 0.400. The molecule has 0 bridgehead atoms. The zero-order valence-corrected chi connectivity index (χ0v) is 12.0. The number of esters is 1. The lowest BCUT2D eigenvalue weighted by Crippen LogP contribution is -2.31. The number of carbonyl (C=O) groups excluding carboxylic acids is 3. The summed E-state index contributed by atoms with van der Waals surface area (Å²) >= 11 is 1.71. The van der Waals surface area contributed by atoms with Gasteiger partial charge >= 0.3 is 5.97 Å². The van der Waals surface area contributed by atoms with Crippen LogP contribution in [0.2, 0.25) is 0 Å². The van der Waals surface area contributed by atoms with Crippen molar-refractivity contribution in [2.75, 3.05) is 25.2 Å². The summed E-state index contributed by atoms with van der Waals surface area (Å²) in [5.41, 5.74) is 0.108. The Balaban J connectivity index is 1.66. The number of carbonyl (C=O) groups is 3. The predicted octanol–water partition coefficient (Wildman–Crippen LogP) is 1.21. The first-order chi connectivity index (χ1) is 9.06. The van der Waals surface area contributed by atoms with Crippen molar-refractivity contribution in [2.45, 2.75) is 32.1 Å². The Bertz CT molecular complexity index is 376. The summed E-state index contributed by atoms with van der Waals surface area (Å²) in [5.74, 6) is 1.39. The minimum Gasteiger partial charge on any atom is -0.469 e. The maximum absolute atomic E-state index is 11.4. The van der Waals surface area contributed by atoms with Crippen molar-refractivity contribution >= 4 is 29.5 Å². The van der Waals surface area contributed by atoms with Crippen molar-refractivity contribution in [3.05, 3.63) is 0 Å². The number of thioether (sulfide) groups is 1. The van der Waals surface area contributed by atoms with Gasteiger partial charge in [-0.2, -0.15) is 11.8 Å². The van der Waals surface area contributed by atoms with Crippen molar-refractivity contribution in [3.8, 4) is 0 Å². The zero-order valence-electron chi connectivity index (χ0n) is 11.1. The highest BCUT2D eigenvalue weighted by Gasteiger charge is 2.44. The van der Waals surface area contributed by atoms with Crippen LogP contribution in [0.25, 0.3) is 0 Å². The maximum atomic E-state index is 11.4. The van der Waals surface area contributed by atoms with Crippen LogP contribution < -0.4 is 0 Å². The van der Waals surface area contributed by atoms with Gasteiger partial charge in [0.15, 0.2) is 0 Å². The van der Waals surface area contributed by atoms with Crippen LogP contribution in [-0.2, 0) is 19.1 Å². The van der Waals surface area contributed by atoms with Gasteiger partial charge in [-0.05, 0) is 24.0 Å². The van der Waals surface area contributed by atoms with E-state index in [1.165, 1.54) is 12.0 Å². The number of imide groups is 1. The van der Waals surface area contributed by atoms with Gasteiger partial charge in [-0.3, -0.25) is 19.3 Å². The molecule has 6 heteroatoms. The Morgan fingerprint density at radius 2 is 1.95 bits per heavy atom. The van der Waals surface area contributed by atoms with Gasteiger partial charge in [0.05, 0.1) is 13.5 Å². The lowest BCUT2D eigenvalue weighted by atomic mass is 10.1. The third-order valence-corrected chi connectivity index (χ3v) is 5.01. The molecule has 2 aliphatic rings. The molecule has 0 radical (unpaired) electrons. The molecule has 1 saturated heterocycles. The number of nitrogens with zero attached hydrogens (tertiary/aromatic N) is 1. The van der Waals surface area contributed by atoms with Crippen molar-refractivity contribution in [2.24, 2.45) is 5.41 Å². The molecule has 0 aromatic rings. The lowest BCUT2D eigenvalue weighted by Gasteiger charge is -2.16. The van der Waals surface area contributed by atoms with Gasteiger partial charge in [0.1, 0.15) is 0 Å². The molecular formula is C13H19NO4S. The standard InChI is InChI=1S/C13H19NO4S/c1-18-12(17)8-13(4-5-13)9-19-7-6-14-10(15)2-3-11(14)16/h2-9H2,1H3. The van der Waals surface area contributed by atoms with E-state index in [1.54, 1.807) is 11.8 Å². The minimum absolute atomic E-state index is 0.0544.